The molecule has 0 saturated carbocycles. The largest absolute Gasteiger partial charge is 0.322 e. The van der Waals surface area contributed by atoms with Gasteiger partial charge in [0.05, 0.1) is 10.2 Å². The van der Waals surface area contributed by atoms with Crippen LogP contribution in [0, 0.1) is 20.8 Å². The van der Waals surface area contributed by atoms with Crippen molar-refractivity contribution in [1.29, 1.82) is 0 Å². The molecule has 0 unspecified atom stereocenters. The first kappa shape index (κ1) is 17.4. The third-order valence-corrected chi connectivity index (χ3v) is 5.80. The van der Waals surface area contributed by atoms with Gasteiger partial charge in [0, 0.05) is 16.8 Å². The van der Waals surface area contributed by atoms with Gasteiger partial charge in [0.2, 0.25) is 0 Å². The maximum absolute atomic E-state index is 12.8. The molecule has 0 spiro atoms. The average Bonchev–Trinajstić information content (AvgIpc) is 3.07. The second-order valence-electron chi connectivity index (χ2n) is 6.74. The summed E-state index contributed by atoms with van der Waals surface area (Å²) in [5, 5.41) is 4.04. The van der Waals surface area contributed by atoms with E-state index in [2.05, 4.69) is 17.4 Å². The molecule has 0 aliphatic carbocycles. The molecule has 4 heteroatoms. The number of nitrogens with one attached hydrogen (secondary N) is 1. The van der Waals surface area contributed by atoms with Gasteiger partial charge in [-0.2, -0.15) is 0 Å². The van der Waals surface area contributed by atoms with Gasteiger partial charge in [0.1, 0.15) is 5.01 Å². The maximum Gasteiger partial charge on any atom is 0.255 e. The first-order valence-corrected chi connectivity index (χ1v) is 9.69. The van der Waals surface area contributed by atoms with Crippen molar-refractivity contribution in [2.75, 3.05) is 5.32 Å². The maximum atomic E-state index is 12.8. The number of benzene rings is 3. The van der Waals surface area contributed by atoms with Crippen LogP contribution in [0.25, 0.3) is 20.8 Å². The van der Waals surface area contributed by atoms with E-state index in [0.29, 0.717) is 5.56 Å². The van der Waals surface area contributed by atoms with Crippen LogP contribution in [0.3, 0.4) is 0 Å². The molecule has 0 saturated heterocycles. The van der Waals surface area contributed by atoms with Crippen LogP contribution < -0.4 is 5.32 Å². The Balaban J connectivity index is 1.68. The van der Waals surface area contributed by atoms with Crippen LogP contribution in [-0.2, 0) is 0 Å². The monoisotopic (exact) mass is 372 g/mol. The highest BCUT2D eigenvalue weighted by Crippen LogP contribution is 2.34. The van der Waals surface area contributed by atoms with E-state index in [9.17, 15) is 4.79 Å². The molecule has 0 radical (unpaired) electrons. The molecule has 4 aromatic rings. The highest BCUT2D eigenvalue weighted by molar-refractivity contribution is 7.21. The number of thiazole rings is 1. The molecular weight excluding hydrogens is 352 g/mol. The quantitative estimate of drug-likeness (QED) is 0.469. The molecule has 27 heavy (non-hydrogen) atoms. The third kappa shape index (κ3) is 3.36. The predicted molar refractivity (Wildman–Crippen MR) is 114 cm³/mol. The van der Waals surface area contributed by atoms with Crippen molar-refractivity contribution in [3.8, 4) is 10.6 Å². The van der Waals surface area contributed by atoms with E-state index in [1.54, 1.807) is 11.3 Å². The topological polar surface area (TPSA) is 42.0 Å². The molecule has 0 aliphatic rings. The number of anilines is 1. The zero-order valence-electron chi connectivity index (χ0n) is 15.5. The number of hydrogen-bond donors (Lipinski definition) is 1. The van der Waals surface area contributed by atoms with Crippen molar-refractivity contribution in [3.05, 3.63) is 82.9 Å². The number of carbonyl (C=O) groups is 1. The van der Waals surface area contributed by atoms with Crippen LogP contribution in [-0.4, -0.2) is 10.9 Å². The van der Waals surface area contributed by atoms with Crippen molar-refractivity contribution in [3.63, 3.8) is 0 Å². The summed E-state index contributed by atoms with van der Waals surface area (Å²) in [6.45, 7) is 6.02. The molecule has 0 aliphatic heterocycles. The lowest BCUT2D eigenvalue weighted by molar-refractivity contribution is 0.102. The van der Waals surface area contributed by atoms with Gasteiger partial charge in [0.15, 0.2) is 0 Å². The molecule has 0 bridgehead atoms. The second-order valence-corrected chi connectivity index (χ2v) is 7.77. The number of para-hydroxylation sites is 1. The van der Waals surface area contributed by atoms with Gasteiger partial charge in [-0.1, -0.05) is 42.0 Å². The Morgan fingerprint density at radius 2 is 1.78 bits per heavy atom. The minimum absolute atomic E-state index is 0.0861. The SMILES string of the molecule is Cc1ccc(C(=O)Nc2cccc(-c3nc4ccccc4s3)c2C)c(C)c1. The van der Waals surface area contributed by atoms with E-state index in [-0.39, 0.29) is 5.91 Å². The highest BCUT2D eigenvalue weighted by Gasteiger charge is 2.14. The number of amides is 1. The summed E-state index contributed by atoms with van der Waals surface area (Å²) < 4.78 is 1.16. The molecule has 4 rings (SSSR count). The van der Waals surface area contributed by atoms with Crippen molar-refractivity contribution in [2.45, 2.75) is 20.8 Å². The smallest absolute Gasteiger partial charge is 0.255 e. The van der Waals surface area contributed by atoms with Gasteiger partial charge in [-0.3, -0.25) is 4.79 Å². The summed E-state index contributed by atoms with van der Waals surface area (Å²) in [5.74, 6) is -0.0861. The van der Waals surface area contributed by atoms with Gasteiger partial charge >= 0.3 is 0 Å². The van der Waals surface area contributed by atoms with E-state index in [0.717, 1.165) is 43.2 Å². The lowest BCUT2D eigenvalue weighted by atomic mass is 10.0. The summed E-state index contributed by atoms with van der Waals surface area (Å²) >= 11 is 1.67. The Morgan fingerprint density at radius 3 is 2.56 bits per heavy atom. The summed E-state index contributed by atoms with van der Waals surface area (Å²) in [6, 6.07) is 20.0. The molecule has 1 heterocycles. The number of nitrogens with zero attached hydrogens (tertiary/aromatic N) is 1. The van der Waals surface area contributed by atoms with E-state index < -0.39 is 0 Å². The minimum Gasteiger partial charge on any atom is -0.322 e. The van der Waals surface area contributed by atoms with Crippen molar-refractivity contribution < 1.29 is 4.79 Å². The van der Waals surface area contributed by atoms with Gasteiger partial charge in [-0.15, -0.1) is 11.3 Å². The average molecular weight is 372 g/mol. The fourth-order valence-corrected chi connectivity index (χ4v) is 4.30. The number of rotatable bonds is 3. The summed E-state index contributed by atoms with van der Waals surface area (Å²) in [5.41, 5.74) is 6.72. The lowest BCUT2D eigenvalue weighted by Crippen LogP contribution is -2.14. The first-order valence-electron chi connectivity index (χ1n) is 8.87. The first-order chi connectivity index (χ1) is 13.0. The summed E-state index contributed by atoms with van der Waals surface area (Å²) in [4.78, 5) is 17.5. The van der Waals surface area contributed by atoms with E-state index >= 15 is 0 Å². The van der Waals surface area contributed by atoms with Crippen molar-refractivity contribution >= 4 is 33.1 Å². The Bertz CT molecular complexity index is 1130. The predicted octanol–water partition coefficient (Wildman–Crippen LogP) is 6.14. The Morgan fingerprint density at radius 1 is 0.963 bits per heavy atom. The fraction of sp³-hybridized carbons (Fsp3) is 0.130. The Labute approximate surface area is 162 Å². The molecular formula is C23H20N2OS. The molecule has 134 valence electrons. The Kier molecular flexibility index (Phi) is 4.50. The lowest BCUT2D eigenvalue weighted by Gasteiger charge is -2.12. The number of aromatic nitrogens is 1. The molecule has 3 aromatic carbocycles. The highest BCUT2D eigenvalue weighted by atomic mass is 32.1. The number of aryl methyl sites for hydroxylation is 2. The molecule has 0 fully saturated rings. The zero-order valence-corrected chi connectivity index (χ0v) is 16.4. The van der Waals surface area contributed by atoms with Crippen molar-refractivity contribution in [2.24, 2.45) is 0 Å². The molecule has 0 atom stereocenters. The van der Waals surface area contributed by atoms with E-state index in [4.69, 9.17) is 4.98 Å². The molecule has 1 aromatic heterocycles. The Hall–Kier alpha value is -2.98. The number of carbonyl (C=O) groups excluding carboxylic acids is 1. The van der Waals surface area contributed by atoms with Gasteiger partial charge in [-0.25, -0.2) is 4.98 Å². The molecule has 1 amide bonds. The van der Waals surface area contributed by atoms with Gasteiger partial charge in [0.25, 0.3) is 5.91 Å². The van der Waals surface area contributed by atoms with Crippen LogP contribution >= 0.6 is 11.3 Å². The van der Waals surface area contributed by atoms with Crippen LogP contribution in [0.5, 0.6) is 0 Å². The van der Waals surface area contributed by atoms with Crippen LogP contribution in [0.2, 0.25) is 0 Å². The summed E-state index contributed by atoms with van der Waals surface area (Å²) in [6.07, 6.45) is 0. The van der Waals surface area contributed by atoms with Gasteiger partial charge in [-0.05, 0) is 56.2 Å². The minimum atomic E-state index is -0.0861. The van der Waals surface area contributed by atoms with Crippen LogP contribution in [0.1, 0.15) is 27.0 Å². The van der Waals surface area contributed by atoms with Crippen LogP contribution in [0.15, 0.2) is 60.7 Å². The van der Waals surface area contributed by atoms with Gasteiger partial charge < -0.3 is 5.32 Å². The summed E-state index contributed by atoms with van der Waals surface area (Å²) in [7, 11) is 0. The van der Waals surface area contributed by atoms with E-state index in [1.807, 2.05) is 69.3 Å². The standard InChI is InChI=1S/C23H20N2OS/c1-14-11-12-17(15(2)13-14)22(26)24-19-9-6-7-18(16(19)3)23-25-20-8-4-5-10-21(20)27-23/h4-13H,1-3H3,(H,24,26). The molecule has 1 N–H and O–H groups in total. The van der Waals surface area contributed by atoms with Crippen LogP contribution in [0.4, 0.5) is 5.69 Å². The van der Waals surface area contributed by atoms with E-state index in [1.165, 1.54) is 0 Å². The number of fused-ring (bicyclic) bond motifs is 1. The number of hydrogen-bond acceptors (Lipinski definition) is 3. The zero-order chi connectivity index (χ0) is 19.0. The third-order valence-electron chi connectivity index (χ3n) is 4.73. The van der Waals surface area contributed by atoms with Crippen molar-refractivity contribution in [1.82, 2.24) is 4.98 Å². The molecule has 3 nitrogen and oxygen atoms in total. The normalized spacial score (nSPS) is 10.9. The second kappa shape index (κ2) is 6.97. The fourth-order valence-electron chi connectivity index (χ4n) is 3.25.